The number of hydrogen-bond acceptors (Lipinski definition) is 11. The van der Waals surface area contributed by atoms with Crippen LogP contribution in [0.5, 0.6) is 0 Å². The van der Waals surface area contributed by atoms with Crippen molar-refractivity contribution in [3.63, 3.8) is 0 Å². The molecule has 6 unspecified atom stereocenters. The molecule has 12 nitrogen and oxygen atoms in total. The van der Waals surface area contributed by atoms with Gasteiger partial charge in [0, 0.05) is 13.0 Å². The minimum absolute atomic E-state index is 0.110. The Kier molecular flexibility index (Phi) is 37.0. The van der Waals surface area contributed by atoms with Crippen LogP contribution in [0.15, 0.2) is 85.1 Å². The van der Waals surface area contributed by atoms with E-state index in [0.717, 1.165) is 83.5 Å². The Morgan fingerprint density at radius 3 is 1.40 bits per heavy atom. The molecule has 13 heteroatoms. The maximum absolute atomic E-state index is 12.8. The van der Waals surface area contributed by atoms with Crippen LogP contribution in [0.1, 0.15) is 162 Å². The molecule has 6 N–H and O–H groups in total. The lowest BCUT2D eigenvalue weighted by Crippen LogP contribution is -2.64. The molecule has 1 aliphatic rings. The van der Waals surface area contributed by atoms with Crippen LogP contribution in [0.25, 0.3) is 0 Å². The van der Waals surface area contributed by atoms with Gasteiger partial charge >= 0.3 is 13.8 Å². The summed E-state index contributed by atoms with van der Waals surface area (Å²) < 4.78 is 34.1. The monoisotopic (exact) mass is 909 g/mol. The van der Waals surface area contributed by atoms with Gasteiger partial charge in [-0.05, 0) is 70.6 Å². The van der Waals surface area contributed by atoms with E-state index in [4.69, 9.17) is 18.5 Å². The number of ether oxygens (including phenoxy) is 2. The summed E-state index contributed by atoms with van der Waals surface area (Å²) in [5.74, 6) is -0.497. The van der Waals surface area contributed by atoms with E-state index in [1.165, 1.54) is 51.4 Å². The van der Waals surface area contributed by atoms with Crippen molar-refractivity contribution < 1.29 is 58.3 Å². The molecule has 6 atom stereocenters. The number of phosphoric acid groups is 1. The summed E-state index contributed by atoms with van der Waals surface area (Å²) >= 11 is 0. The van der Waals surface area contributed by atoms with Crippen LogP contribution in [0.3, 0.4) is 0 Å². The third-order valence-corrected chi connectivity index (χ3v) is 11.5. The molecule has 0 amide bonds. The van der Waals surface area contributed by atoms with Crippen LogP contribution in [-0.4, -0.2) is 98.9 Å². The van der Waals surface area contributed by atoms with Crippen LogP contribution in [-0.2, 0) is 27.9 Å². The first kappa shape index (κ1) is 58.5. The first-order valence-electron chi connectivity index (χ1n) is 23.9. The van der Waals surface area contributed by atoms with E-state index >= 15 is 0 Å². The lowest BCUT2D eigenvalue weighted by atomic mass is 9.85. The molecule has 0 aromatic heterocycles. The second kappa shape index (κ2) is 39.8. The molecule has 0 spiro atoms. The van der Waals surface area contributed by atoms with Gasteiger partial charge in [0.1, 0.15) is 42.7 Å². The summed E-state index contributed by atoms with van der Waals surface area (Å²) in [4.78, 5) is 23.1. The zero-order valence-corrected chi connectivity index (χ0v) is 39.5. The number of rotatable bonds is 39. The Bertz CT molecular complexity index is 1360. The molecule has 0 heterocycles. The van der Waals surface area contributed by atoms with Gasteiger partial charge in [-0.25, -0.2) is 4.57 Å². The fourth-order valence-corrected chi connectivity index (χ4v) is 7.72. The minimum atomic E-state index is -5.03. The molecule has 1 aliphatic carbocycles. The molecule has 1 rings (SSSR count). The van der Waals surface area contributed by atoms with E-state index in [-0.39, 0.29) is 13.0 Å². The highest BCUT2D eigenvalue weighted by Crippen LogP contribution is 2.47. The highest BCUT2D eigenvalue weighted by atomic mass is 31.2. The third kappa shape index (κ3) is 31.9. The Morgan fingerprint density at radius 1 is 0.524 bits per heavy atom. The number of esters is 1. The molecule has 0 bridgehead atoms. The molecule has 0 saturated heterocycles. The summed E-state index contributed by atoms with van der Waals surface area (Å²) in [5, 5.41) is 50.2. The molecule has 0 radical (unpaired) electrons. The molecule has 0 aliphatic heterocycles. The SMILES string of the molecule is CC/C=C\C/C=C\C/C=C\C/C=C\C/C=C\C/C=C\C/C=C\CCCCOCC(COP(=O)(O)OC1C(O)C(O)C(O)C(O)C1O)OC(=O)CCCCCCCCCCCCCC. The number of aliphatic hydroxyl groups is 5. The van der Waals surface area contributed by atoms with Crippen LogP contribution in [0, 0.1) is 0 Å². The summed E-state index contributed by atoms with van der Waals surface area (Å²) in [7, 11) is -5.03. The zero-order chi connectivity index (χ0) is 46.2. The maximum Gasteiger partial charge on any atom is 0.472 e. The van der Waals surface area contributed by atoms with E-state index in [2.05, 4.69) is 98.9 Å². The summed E-state index contributed by atoms with van der Waals surface area (Å²) in [6, 6.07) is 0. The smallest absolute Gasteiger partial charge is 0.457 e. The molecular weight excluding hydrogens is 824 g/mol. The van der Waals surface area contributed by atoms with Gasteiger partial charge in [0.2, 0.25) is 0 Å². The van der Waals surface area contributed by atoms with Gasteiger partial charge in [0.05, 0.1) is 13.2 Å². The van der Waals surface area contributed by atoms with Gasteiger partial charge in [-0.3, -0.25) is 13.8 Å². The highest BCUT2D eigenvalue weighted by molar-refractivity contribution is 7.47. The van der Waals surface area contributed by atoms with E-state index in [9.17, 15) is 39.8 Å². The van der Waals surface area contributed by atoms with Gasteiger partial charge in [-0.2, -0.15) is 0 Å². The fraction of sp³-hybridized carbons (Fsp3) is 0.700. The second-order valence-electron chi connectivity index (χ2n) is 16.2. The standard InChI is InChI=1S/C50H85O12P/c1-3-5-7-9-11-13-15-17-18-19-20-21-22-23-24-25-26-27-28-30-32-34-36-38-40-59-41-43(61-44(51)39-37-35-33-31-29-16-14-12-10-8-6-4-2)42-60-63(57,58)62-50-48(55)46(53)45(52)47(54)49(50)56/h5,7,11,13,17-18,20-21,23-24,26-27,30,32,43,45-50,52-56H,3-4,6,8-10,12,14-16,19,22,25,28-29,31,33-42H2,1-2H3,(H,57,58)/b7-5-,13-11-,18-17-,21-20-,24-23-,27-26-,32-30-. The number of allylic oxidation sites excluding steroid dienone is 14. The zero-order valence-electron chi connectivity index (χ0n) is 38.6. The molecule has 0 aromatic rings. The van der Waals surface area contributed by atoms with E-state index in [1.54, 1.807) is 0 Å². The van der Waals surface area contributed by atoms with Gasteiger partial charge in [0.15, 0.2) is 0 Å². The summed E-state index contributed by atoms with van der Waals surface area (Å²) in [6.45, 7) is 4.02. The van der Waals surface area contributed by atoms with E-state index in [1.807, 2.05) is 0 Å². The maximum atomic E-state index is 12.8. The predicted octanol–water partition coefficient (Wildman–Crippen LogP) is 10.1. The van der Waals surface area contributed by atoms with Gasteiger partial charge in [-0.15, -0.1) is 0 Å². The lowest BCUT2D eigenvalue weighted by Gasteiger charge is -2.41. The molecule has 1 fully saturated rings. The van der Waals surface area contributed by atoms with Crippen LogP contribution >= 0.6 is 7.82 Å². The van der Waals surface area contributed by atoms with Crippen molar-refractivity contribution in [2.75, 3.05) is 19.8 Å². The van der Waals surface area contributed by atoms with Crippen molar-refractivity contribution in [1.82, 2.24) is 0 Å². The molecule has 362 valence electrons. The predicted molar refractivity (Wildman–Crippen MR) is 253 cm³/mol. The van der Waals surface area contributed by atoms with Crippen LogP contribution in [0.4, 0.5) is 0 Å². The summed E-state index contributed by atoms with van der Waals surface area (Å²) in [5.41, 5.74) is 0. The normalized spacial score (nSPS) is 22.6. The van der Waals surface area contributed by atoms with Crippen molar-refractivity contribution in [2.24, 2.45) is 0 Å². The number of hydrogen-bond donors (Lipinski definition) is 6. The molecular formula is C50H85O12P. The van der Waals surface area contributed by atoms with Crippen molar-refractivity contribution in [3.8, 4) is 0 Å². The van der Waals surface area contributed by atoms with E-state index < -0.39 is 63.1 Å². The first-order valence-corrected chi connectivity index (χ1v) is 25.4. The number of carbonyl (C=O) groups excluding carboxylic acids is 1. The Labute approximate surface area is 380 Å². The quantitative estimate of drug-likeness (QED) is 0.0148. The second-order valence-corrected chi connectivity index (χ2v) is 17.6. The Morgan fingerprint density at radius 2 is 0.937 bits per heavy atom. The largest absolute Gasteiger partial charge is 0.472 e. The van der Waals surface area contributed by atoms with Crippen molar-refractivity contribution in [3.05, 3.63) is 85.1 Å². The fourth-order valence-electron chi connectivity index (χ4n) is 6.75. The lowest BCUT2D eigenvalue weighted by molar-refractivity contribution is -0.220. The number of unbranched alkanes of at least 4 members (excludes halogenated alkanes) is 13. The molecule has 0 aromatic carbocycles. The summed E-state index contributed by atoms with van der Waals surface area (Å²) in [6.07, 6.45) is 40.9. The topological polar surface area (TPSA) is 192 Å². The van der Waals surface area contributed by atoms with Gasteiger partial charge in [-0.1, -0.05) is 170 Å². The minimum Gasteiger partial charge on any atom is -0.457 e. The van der Waals surface area contributed by atoms with Crippen LogP contribution in [0.2, 0.25) is 0 Å². The van der Waals surface area contributed by atoms with Gasteiger partial charge < -0.3 is 39.9 Å². The number of carbonyl (C=O) groups is 1. The van der Waals surface area contributed by atoms with Crippen molar-refractivity contribution >= 4 is 13.8 Å². The Hall–Kier alpha value is -2.48. The number of aliphatic hydroxyl groups excluding tert-OH is 5. The average molecular weight is 909 g/mol. The molecule has 63 heavy (non-hydrogen) atoms. The van der Waals surface area contributed by atoms with Crippen molar-refractivity contribution in [1.29, 1.82) is 0 Å². The number of phosphoric ester groups is 1. The molecule has 1 saturated carbocycles. The van der Waals surface area contributed by atoms with Crippen LogP contribution < -0.4 is 0 Å². The third-order valence-electron chi connectivity index (χ3n) is 10.5. The highest BCUT2D eigenvalue weighted by Gasteiger charge is 2.51. The van der Waals surface area contributed by atoms with E-state index in [0.29, 0.717) is 13.0 Å². The average Bonchev–Trinajstić information content (AvgIpc) is 3.27. The Balaban J connectivity index is 2.40. The van der Waals surface area contributed by atoms with Crippen molar-refractivity contribution in [2.45, 2.75) is 204 Å². The van der Waals surface area contributed by atoms with Gasteiger partial charge in [0.25, 0.3) is 0 Å². The first-order chi connectivity index (χ1) is 30.5.